The summed E-state index contributed by atoms with van der Waals surface area (Å²) in [4.78, 5) is 6.68. The van der Waals surface area contributed by atoms with Gasteiger partial charge in [0.1, 0.15) is 0 Å². The van der Waals surface area contributed by atoms with Gasteiger partial charge < -0.3 is 10.2 Å². The molecule has 1 spiro atoms. The summed E-state index contributed by atoms with van der Waals surface area (Å²) in [6.07, 6.45) is 6.64. The predicted molar refractivity (Wildman–Crippen MR) is 95.5 cm³/mol. The summed E-state index contributed by atoms with van der Waals surface area (Å²) in [6.45, 7) is 4.17. The van der Waals surface area contributed by atoms with Crippen molar-refractivity contribution in [2.45, 2.75) is 43.8 Å². The molecule has 7 heteroatoms. The standard InChI is InChI=1S/C15H29N3O2S2/c1-3-22(19,20)12-9-17-14(16-2)18-10-11-21-15(13-18)7-5-4-6-8-15/h3-13H2,1-2H3,(H,16,17). The molecule has 1 aliphatic heterocycles. The Morgan fingerprint density at radius 1 is 1.32 bits per heavy atom. The highest BCUT2D eigenvalue weighted by Gasteiger charge is 2.38. The van der Waals surface area contributed by atoms with Gasteiger partial charge in [0.05, 0.1) is 5.75 Å². The van der Waals surface area contributed by atoms with E-state index in [0.717, 1.165) is 24.8 Å². The second kappa shape index (κ2) is 7.90. The van der Waals surface area contributed by atoms with E-state index < -0.39 is 9.84 Å². The topological polar surface area (TPSA) is 61.8 Å². The van der Waals surface area contributed by atoms with Crippen molar-refractivity contribution < 1.29 is 8.42 Å². The summed E-state index contributed by atoms with van der Waals surface area (Å²) in [5.41, 5.74) is 0. The predicted octanol–water partition coefficient (Wildman–Crippen LogP) is 1.75. The van der Waals surface area contributed by atoms with E-state index in [0.29, 0.717) is 11.3 Å². The number of guanidine groups is 1. The Hall–Kier alpha value is -0.430. The van der Waals surface area contributed by atoms with Gasteiger partial charge in [0.25, 0.3) is 0 Å². The maximum atomic E-state index is 11.6. The molecule has 0 aromatic rings. The highest BCUT2D eigenvalue weighted by atomic mass is 32.2. The Balaban J connectivity index is 1.90. The van der Waals surface area contributed by atoms with Gasteiger partial charge in [0.15, 0.2) is 15.8 Å². The molecule has 1 saturated carbocycles. The molecule has 2 aliphatic rings. The Bertz CT molecular complexity index is 480. The number of hydrogen-bond donors (Lipinski definition) is 1. The first-order chi connectivity index (χ1) is 10.5. The zero-order chi connectivity index (χ0) is 16.1. The van der Waals surface area contributed by atoms with E-state index in [9.17, 15) is 8.42 Å². The van der Waals surface area contributed by atoms with Gasteiger partial charge in [0.2, 0.25) is 0 Å². The maximum absolute atomic E-state index is 11.6. The van der Waals surface area contributed by atoms with Crippen LogP contribution in [0.5, 0.6) is 0 Å². The van der Waals surface area contributed by atoms with Crippen LogP contribution < -0.4 is 5.32 Å². The zero-order valence-electron chi connectivity index (χ0n) is 13.8. The second-order valence-electron chi connectivity index (χ2n) is 6.22. The average Bonchev–Trinajstić information content (AvgIpc) is 2.52. The van der Waals surface area contributed by atoms with Gasteiger partial charge in [0, 0.05) is 42.9 Å². The lowest BCUT2D eigenvalue weighted by molar-refractivity contribution is 0.293. The molecule has 0 aromatic carbocycles. The highest BCUT2D eigenvalue weighted by molar-refractivity contribution is 8.00. The highest BCUT2D eigenvalue weighted by Crippen LogP contribution is 2.42. The Morgan fingerprint density at radius 3 is 2.68 bits per heavy atom. The minimum atomic E-state index is -2.92. The van der Waals surface area contributed by atoms with Gasteiger partial charge >= 0.3 is 0 Å². The van der Waals surface area contributed by atoms with Gasteiger partial charge in [-0.3, -0.25) is 4.99 Å². The molecule has 2 fully saturated rings. The van der Waals surface area contributed by atoms with Crippen LogP contribution in [0.1, 0.15) is 39.0 Å². The van der Waals surface area contributed by atoms with Crippen molar-refractivity contribution in [3.63, 3.8) is 0 Å². The first-order valence-corrected chi connectivity index (χ1v) is 11.1. The first-order valence-electron chi connectivity index (χ1n) is 8.30. The van der Waals surface area contributed by atoms with E-state index in [-0.39, 0.29) is 11.5 Å². The summed E-state index contributed by atoms with van der Waals surface area (Å²) < 4.78 is 23.6. The van der Waals surface area contributed by atoms with Crippen molar-refractivity contribution in [2.24, 2.45) is 4.99 Å². The van der Waals surface area contributed by atoms with E-state index >= 15 is 0 Å². The van der Waals surface area contributed by atoms with Gasteiger partial charge in [-0.15, -0.1) is 0 Å². The normalized spacial score (nSPS) is 22.8. The third-order valence-electron chi connectivity index (χ3n) is 4.66. The molecule has 5 nitrogen and oxygen atoms in total. The van der Waals surface area contributed by atoms with Gasteiger partial charge in [-0.1, -0.05) is 26.2 Å². The van der Waals surface area contributed by atoms with Crippen LogP contribution in [0, 0.1) is 0 Å². The maximum Gasteiger partial charge on any atom is 0.193 e. The van der Waals surface area contributed by atoms with Crippen LogP contribution in [-0.4, -0.2) is 68.0 Å². The molecule has 1 saturated heterocycles. The summed E-state index contributed by atoms with van der Waals surface area (Å²) >= 11 is 2.13. The fourth-order valence-corrected chi connectivity index (χ4v) is 5.59. The van der Waals surface area contributed by atoms with E-state index in [1.54, 1.807) is 14.0 Å². The van der Waals surface area contributed by atoms with Crippen LogP contribution in [0.2, 0.25) is 0 Å². The third kappa shape index (κ3) is 4.78. The molecule has 1 N–H and O–H groups in total. The fourth-order valence-electron chi connectivity index (χ4n) is 3.32. The van der Waals surface area contributed by atoms with Crippen LogP contribution in [0.15, 0.2) is 4.99 Å². The summed E-state index contributed by atoms with van der Waals surface area (Å²) in [5, 5.41) is 3.24. The minimum absolute atomic E-state index is 0.177. The van der Waals surface area contributed by atoms with Crippen LogP contribution in [0.3, 0.4) is 0 Å². The number of aliphatic imine (C=N–C) groups is 1. The Morgan fingerprint density at radius 2 is 2.05 bits per heavy atom. The fraction of sp³-hybridized carbons (Fsp3) is 0.933. The monoisotopic (exact) mass is 347 g/mol. The summed E-state index contributed by atoms with van der Waals surface area (Å²) in [7, 11) is -1.14. The van der Waals surface area contributed by atoms with Crippen LogP contribution in [0.4, 0.5) is 0 Å². The van der Waals surface area contributed by atoms with E-state index in [2.05, 4.69) is 27.0 Å². The molecule has 22 heavy (non-hydrogen) atoms. The summed E-state index contributed by atoms with van der Waals surface area (Å²) in [5.74, 6) is 2.37. The molecule has 0 bridgehead atoms. The van der Waals surface area contributed by atoms with Crippen molar-refractivity contribution in [2.75, 3.05) is 43.9 Å². The number of nitrogens with one attached hydrogen (secondary N) is 1. The second-order valence-corrected chi connectivity index (χ2v) is 10.3. The van der Waals surface area contributed by atoms with Gasteiger partial charge in [-0.2, -0.15) is 11.8 Å². The van der Waals surface area contributed by atoms with Crippen molar-refractivity contribution in [1.82, 2.24) is 10.2 Å². The average molecular weight is 348 g/mol. The molecule has 128 valence electrons. The first kappa shape index (κ1) is 17.9. The van der Waals surface area contributed by atoms with E-state index in [1.165, 1.54) is 32.1 Å². The van der Waals surface area contributed by atoms with E-state index in [1.807, 2.05) is 0 Å². The van der Waals surface area contributed by atoms with Crippen LogP contribution in [-0.2, 0) is 9.84 Å². The summed E-state index contributed by atoms with van der Waals surface area (Å²) in [6, 6.07) is 0. The zero-order valence-corrected chi connectivity index (χ0v) is 15.4. The van der Waals surface area contributed by atoms with Gasteiger partial charge in [-0.25, -0.2) is 8.42 Å². The van der Waals surface area contributed by atoms with Crippen molar-refractivity contribution in [1.29, 1.82) is 0 Å². The van der Waals surface area contributed by atoms with Crippen LogP contribution in [0.25, 0.3) is 0 Å². The lowest BCUT2D eigenvalue weighted by Crippen LogP contribution is -2.53. The largest absolute Gasteiger partial charge is 0.355 e. The lowest BCUT2D eigenvalue weighted by Gasteiger charge is -2.45. The molecular formula is C15H29N3O2S2. The molecule has 2 rings (SSSR count). The smallest absolute Gasteiger partial charge is 0.193 e. The number of hydrogen-bond acceptors (Lipinski definition) is 4. The minimum Gasteiger partial charge on any atom is -0.355 e. The van der Waals surface area contributed by atoms with Gasteiger partial charge in [-0.05, 0) is 12.8 Å². The lowest BCUT2D eigenvalue weighted by atomic mass is 9.87. The SMILES string of the molecule is CCS(=O)(=O)CCNC(=NC)N1CCSC2(CCCCC2)C1. The van der Waals surface area contributed by atoms with Crippen molar-refractivity contribution in [3.05, 3.63) is 0 Å². The third-order valence-corrected chi connectivity index (χ3v) is 7.90. The number of rotatable bonds is 4. The molecular weight excluding hydrogens is 318 g/mol. The number of thioether (sulfide) groups is 1. The quantitative estimate of drug-likeness (QED) is 0.620. The number of nitrogens with zero attached hydrogens (tertiary/aromatic N) is 2. The number of sulfone groups is 1. The molecule has 0 radical (unpaired) electrons. The molecule has 1 heterocycles. The molecule has 0 unspecified atom stereocenters. The van der Waals surface area contributed by atoms with E-state index in [4.69, 9.17) is 0 Å². The molecule has 0 atom stereocenters. The van der Waals surface area contributed by atoms with Crippen molar-refractivity contribution >= 4 is 27.6 Å². The molecule has 0 amide bonds. The Kier molecular flexibility index (Phi) is 6.44. The molecule has 0 aromatic heterocycles. The molecule has 1 aliphatic carbocycles. The van der Waals surface area contributed by atoms with Crippen LogP contribution >= 0.6 is 11.8 Å². The Labute approximate surface area is 139 Å². The van der Waals surface area contributed by atoms with Crippen molar-refractivity contribution in [3.8, 4) is 0 Å².